The van der Waals surface area contributed by atoms with Gasteiger partial charge in [-0.3, -0.25) is 15.1 Å². The van der Waals surface area contributed by atoms with Gasteiger partial charge in [-0.1, -0.05) is 52.9 Å². The lowest BCUT2D eigenvalue weighted by atomic mass is 10.1. The fourth-order valence-electron chi connectivity index (χ4n) is 5.12. The van der Waals surface area contributed by atoms with Crippen LogP contribution in [-0.2, 0) is 13.1 Å². The molecule has 242 valence electrons. The number of furan rings is 1. The largest absolute Gasteiger partial charge is 0.463 e. The first-order valence-electron chi connectivity index (χ1n) is 14.8. The van der Waals surface area contributed by atoms with Gasteiger partial charge in [0.2, 0.25) is 11.9 Å². The minimum absolute atomic E-state index is 0.0195. The molecule has 0 unspecified atom stereocenters. The van der Waals surface area contributed by atoms with E-state index in [0.29, 0.717) is 51.6 Å². The minimum atomic E-state index is -0.434. The van der Waals surface area contributed by atoms with E-state index in [9.17, 15) is 10.1 Å². The van der Waals surface area contributed by atoms with E-state index in [0.717, 1.165) is 16.8 Å². The van der Waals surface area contributed by atoms with Crippen molar-refractivity contribution in [3.63, 3.8) is 0 Å². The van der Waals surface area contributed by atoms with Crippen LogP contribution in [0.4, 0.5) is 17.6 Å². The molecule has 17 heteroatoms. The average molecular weight is 655 g/mol. The van der Waals surface area contributed by atoms with Crippen LogP contribution in [0.5, 0.6) is 0 Å². The Morgan fingerprint density at radius 1 is 0.776 bits per heavy atom. The summed E-state index contributed by atoms with van der Waals surface area (Å²) in [6.45, 7) is 2.74. The Morgan fingerprint density at radius 2 is 1.47 bits per heavy atom. The summed E-state index contributed by atoms with van der Waals surface area (Å²) in [5.41, 5.74) is 18.5. The predicted octanol–water partition coefficient (Wildman–Crippen LogP) is 4.24. The number of hydrogen-bond donors (Lipinski definition) is 2. The van der Waals surface area contributed by atoms with Gasteiger partial charge in [0, 0.05) is 23.9 Å². The van der Waals surface area contributed by atoms with E-state index in [1.54, 1.807) is 46.1 Å². The number of aryl methyl sites for hydroxylation is 1. The van der Waals surface area contributed by atoms with E-state index in [4.69, 9.17) is 15.9 Å². The first-order chi connectivity index (χ1) is 23.8. The van der Waals surface area contributed by atoms with Crippen molar-refractivity contribution in [3.05, 3.63) is 118 Å². The number of nitrogen functional groups attached to an aromatic ring is 2. The van der Waals surface area contributed by atoms with Gasteiger partial charge in [-0.15, -0.1) is 10.2 Å². The van der Waals surface area contributed by atoms with Crippen molar-refractivity contribution >= 4 is 39.9 Å². The summed E-state index contributed by atoms with van der Waals surface area (Å²) in [5.74, 6) is 0.827. The molecule has 0 amide bonds. The van der Waals surface area contributed by atoms with E-state index in [1.165, 1.54) is 12.1 Å². The highest BCUT2D eigenvalue weighted by Crippen LogP contribution is 2.27. The number of nitro benzene ring substituents is 1. The fourth-order valence-corrected chi connectivity index (χ4v) is 5.12. The Balaban J connectivity index is 0.000000155. The Morgan fingerprint density at radius 3 is 2.14 bits per heavy atom. The Kier molecular flexibility index (Phi) is 8.03. The van der Waals surface area contributed by atoms with Crippen LogP contribution < -0.4 is 11.5 Å². The number of benzene rings is 2. The average Bonchev–Trinajstić information content (AvgIpc) is 3.87. The zero-order valence-electron chi connectivity index (χ0n) is 25.8. The molecule has 49 heavy (non-hydrogen) atoms. The lowest BCUT2D eigenvalue weighted by molar-refractivity contribution is -0.384. The number of aromatic nitrogens is 11. The van der Waals surface area contributed by atoms with E-state index >= 15 is 0 Å². The number of anilines is 2. The molecule has 0 saturated carbocycles. The molecule has 0 aliphatic rings. The molecule has 8 rings (SSSR count). The highest BCUT2D eigenvalue weighted by Gasteiger charge is 2.18. The second-order valence-electron chi connectivity index (χ2n) is 10.8. The van der Waals surface area contributed by atoms with Gasteiger partial charge in [-0.25, -0.2) is 19.3 Å². The number of nitrogens with zero attached hydrogens (tertiary/aromatic N) is 12. The smallest absolute Gasteiger partial charge is 0.269 e. The quantitative estimate of drug-likeness (QED) is 0.181. The normalized spacial score (nSPS) is 11.0. The Bertz CT molecular complexity index is 2420. The molecule has 17 nitrogen and oxygen atoms in total. The van der Waals surface area contributed by atoms with Gasteiger partial charge in [0.15, 0.2) is 28.1 Å². The molecule has 4 N–H and O–H groups in total. The summed E-state index contributed by atoms with van der Waals surface area (Å²) in [5, 5.41) is 27.6. The number of nitro groups is 1. The van der Waals surface area contributed by atoms with Crippen LogP contribution in [-0.4, -0.2) is 59.8 Å². The van der Waals surface area contributed by atoms with Gasteiger partial charge < -0.3 is 15.9 Å². The van der Waals surface area contributed by atoms with E-state index in [1.807, 2.05) is 49.4 Å². The zero-order valence-corrected chi connectivity index (χ0v) is 25.8. The van der Waals surface area contributed by atoms with Gasteiger partial charge in [0.25, 0.3) is 5.69 Å². The van der Waals surface area contributed by atoms with Crippen molar-refractivity contribution in [3.8, 4) is 22.7 Å². The zero-order chi connectivity index (χ0) is 33.9. The first-order valence-corrected chi connectivity index (χ1v) is 14.8. The lowest BCUT2D eigenvalue weighted by Gasteiger charge is -2.05. The maximum Gasteiger partial charge on any atom is 0.269 e. The van der Waals surface area contributed by atoms with Crippen LogP contribution in [0.3, 0.4) is 0 Å². The summed E-state index contributed by atoms with van der Waals surface area (Å²) in [7, 11) is 0. The van der Waals surface area contributed by atoms with Crippen LogP contribution >= 0.6 is 0 Å². The van der Waals surface area contributed by atoms with Gasteiger partial charge in [-0.2, -0.15) is 9.97 Å². The molecular formula is C32H26N14O3. The second-order valence-corrected chi connectivity index (χ2v) is 10.8. The number of rotatable bonds is 7. The molecule has 2 aromatic carbocycles. The molecule has 0 bridgehead atoms. The van der Waals surface area contributed by atoms with Crippen molar-refractivity contribution in [1.82, 2.24) is 54.9 Å². The van der Waals surface area contributed by atoms with Crippen LogP contribution in [0.15, 0.2) is 95.7 Å². The Labute approximate surface area is 276 Å². The molecule has 0 radical (unpaired) electrons. The number of non-ortho nitro benzene ring substituents is 1. The van der Waals surface area contributed by atoms with Crippen molar-refractivity contribution in [2.24, 2.45) is 0 Å². The van der Waals surface area contributed by atoms with Crippen molar-refractivity contribution in [2.45, 2.75) is 20.0 Å². The fraction of sp³-hybridized carbons (Fsp3) is 0.0938. The summed E-state index contributed by atoms with van der Waals surface area (Å²) >= 11 is 0. The molecule has 0 atom stereocenters. The molecule has 0 aliphatic carbocycles. The third-order valence-electron chi connectivity index (χ3n) is 7.30. The number of nitrogens with two attached hydrogens (primary N) is 2. The monoisotopic (exact) mass is 654 g/mol. The van der Waals surface area contributed by atoms with Crippen LogP contribution in [0, 0.1) is 17.0 Å². The maximum atomic E-state index is 10.9. The van der Waals surface area contributed by atoms with E-state index < -0.39 is 4.92 Å². The molecular weight excluding hydrogens is 628 g/mol. The highest BCUT2D eigenvalue weighted by atomic mass is 16.6. The lowest BCUT2D eigenvalue weighted by Crippen LogP contribution is -2.06. The Hall–Kier alpha value is -7.17. The highest BCUT2D eigenvalue weighted by molar-refractivity contribution is 5.88. The second kappa shape index (κ2) is 12.9. The third kappa shape index (κ3) is 6.43. The molecule has 0 fully saturated rings. The SMILES string of the molecule is Cc1ccnc(Cn2nnc3c(-c4ccco4)nc(N)nc32)c1.Nc1nc(-c2ccccc2)c2nnn(Cc3cccc([N+](=O)[O-])c3)c2n1. The van der Waals surface area contributed by atoms with E-state index in [-0.39, 0.29) is 24.1 Å². The van der Waals surface area contributed by atoms with Crippen molar-refractivity contribution in [1.29, 1.82) is 0 Å². The van der Waals surface area contributed by atoms with E-state index in [2.05, 4.69) is 45.5 Å². The van der Waals surface area contributed by atoms with Crippen LogP contribution in [0.25, 0.3) is 45.0 Å². The molecule has 8 aromatic rings. The molecule has 0 aliphatic heterocycles. The van der Waals surface area contributed by atoms with Crippen LogP contribution in [0.1, 0.15) is 16.8 Å². The maximum absolute atomic E-state index is 10.9. The van der Waals surface area contributed by atoms with Gasteiger partial charge in [0.1, 0.15) is 11.4 Å². The number of pyridine rings is 1. The number of fused-ring (bicyclic) bond motifs is 2. The standard InChI is InChI=1S/C17H13N7O2.C15H13N7O/c18-17-19-14(12-6-2-1-3-7-12)15-16(20-17)23(22-21-15)10-11-5-4-8-13(9-11)24(25)26;1-9-4-5-17-10(7-9)8-22-14-13(20-21-22)12(18-15(16)19-14)11-3-2-6-23-11/h1-9H,10H2,(H2,18,19,20);2-7H,8H2,1H3,(H2,16,18,19). The van der Waals surface area contributed by atoms with Crippen molar-refractivity contribution in [2.75, 3.05) is 11.5 Å². The molecule has 6 aromatic heterocycles. The summed E-state index contributed by atoms with van der Waals surface area (Å²) in [4.78, 5) is 31.9. The molecule has 6 heterocycles. The summed E-state index contributed by atoms with van der Waals surface area (Å²) < 4.78 is 8.60. The van der Waals surface area contributed by atoms with Crippen molar-refractivity contribution < 1.29 is 9.34 Å². The summed E-state index contributed by atoms with van der Waals surface area (Å²) in [6.07, 6.45) is 3.34. The van der Waals surface area contributed by atoms with Gasteiger partial charge in [0.05, 0.1) is 30.0 Å². The van der Waals surface area contributed by atoms with Gasteiger partial charge >= 0.3 is 0 Å². The minimum Gasteiger partial charge on any atom is -0.463 e. The molecule has 0 spiro atoms. The summed E-state index contributed by atoms with van der Waals surface area (Å²) in [6, 6.07) is 23.4. The molecule has 0 saturated heterocycles. The van der Waals surface area contributed by atoms with Crippen LogP contribution in [0.2, 0.25) is 0 Å². The van der Waals surface area contributed by atoms with Gasteiger partial charge in [-0.05, 0) is 42.3 Å². The topological polar surface area (TPSA) is 234 Å². The predicted molar refractivity (Wildman–Crippen MR) is 178 cm³/mol. The number of hydrogen-bond acceptors (Lipinski definition) is 14. The third-order valence-corrected chi connectivity index (χ3v) is 7.30. The first kappa shape index (κ1) is 30.5.